The van der Waals surface area contributed by atoms with Crippen LogP contribution in [0.2, 0.25) is 0 Å². The fourth-order valence-corrected chi connectivity index (χ4v) is 2.84. The Morgan fingerprint density at radius 1 is 1.67 bits per heavy atom. The highest BCUT2D eigenvalue weighted by Gasteiger charge is 2.53. The number of carbonyl (C=O) groups excluding carboxylic acids is 1. The quantitative estimate of drug-likeness (QED) is 0.727. The maximum atomic E-state index is 13.2. The third-order valence-electron chi connectivity index (χ3n) is 3.75. The molecule has 0 bridgehead atoms. The summed E-state index contributed by atoms with van der Waals surface area (Å²) in [5.74, 6) is -0.325. The van der Waals surface area contributed by atoms with Crippen LogP contribution in [0, 0.1) is 5.82 Å². The van der Waals surface area contributed by atoms with Crippen LogP contribution in [0.15, 0.2) is 18.2 Å². The average Bonchev–Trinajstić information content (AvgIpc) is 2.80. The van der Waals surface area contributed by atoms with E-state index in [1.165, 1.54) is 24.1 Å². The third kappa shape index (κ3) is 1.32. The Hall–Kier alpha value is -1.82. The standard InChI is InChI=1S/C12H14FN3O2/c1-18-11(17)16-5-4-12(14)8-3-2-7(13)6-9(8)15-10(12)16/h2-3,6,10,15H,4-5,14H2,1H3/t10-,12+/m1/s1. The van der Waals surface area contributed by atoms with E-state index in [0.717, 1.165) is 5.56 Å². The molecule has 0 spiro atoms. The van der Waals surface area contributed by atoms with Crippen molar-refractivity contribution in [1.29, 1.82) is 0 Å². The van der Waals surface area contributed by atoms with Gasteiger partial charge in [-0.15, -0.1) is 0 Å². The first-order valence-corrected chi connectivity index (χ1v) is 5.76. The largest absolute Gasteiger partial charge is 0.453 e. The van der Waals surface area contributed by atoms with Crippen LogP contribution < -0.4 is 11.1 Å². The number of nitrogens with zero attached hydrogens (tertiary/aromatic N) is 1. The molecule has 0 aliphatic carbocycles. The van der Waals surface area contributed by atoms with Crippen molar-refractivity contribution in [1.82, 2.24) is 4.90 Å². The monoisotopic (exact) mass is 251 g/mol. The van der Waals surface area contributed by atoms with Gasteiger partial charge in [0.05, 0.1) is 12.6 Å². The van der Waals surface area contributed by atoms with Gasteiger partial charge < -0.3 is 15.8 Å². The Balaban J connectivity index is 2.01. The van der Waals surface area contributed by atoms with Crippen molar-refractivity contribution < 1.29 is 13.9 Å². The van der Waals surface area contributed by atoms with Crippen molar-refractivity contribution >= 4 is 11.8 Å². The molecule has 1 fully saturated rings. The molecule has 5 nitrogen and oxygen atoms in total. The van der Waals surface area contributed by atoms with E-state index in [1.807, 2.05) is 0 Å². The number of ether oxygens (including phenoxy) is 1. The Morgan fingerprint density at radius 2 is 2.44 bits per heavy atom. The Bertz CT molecular complexity index is 522. The molecule has 2 aliphatic rings. The second kappa shape index (κ2) is 3.58. The van der Waals surface area contributed by atoms with Gasteiger partial charge in [0, 0.05) is 12.2 Å². The van der Waals surface area contributed by atoms with Gasteiger partial charge in [-0.05, 0) is 24.1 Å². The lowest BCUT2D eigenvalue weighted by molar-refractivity contribution is 0.118. The SMILES string of the molecule is COC(=O)N1CC[C@]2(N)c3ccc(F)cc3N[C@H]12. The summed E-state index contributed by atoms with van der Waals surface area (Å²) in [6.07, 6.45) is -0.173. The third-order valence-corrected chi connectivity index (χ3v) is 3.75. The predicted molar refractivity (Wildman–Crippen MR) is 63.4 cm³/mol. The first-order chi connectivity index (χ1) is 8.56. The number of methoxy groups -OCH3 is 1. The molecule has 96 valence electrons. The van der Waals surface area contributed by atoms with Gasteiger partial charge in [-0.25, -0.2) is 9.18 Å². The predicted octanol–water partition coefficient (Wildman–Crippen LogP) is 1.20. The summed E-state index contributed by atoms with van der Waals surface area (Å²) in [7, 11) is 1.33. The molecule has 18 heavy (non-hydrogen) atoms. The lowest BCUT2D eigenvalue weighted by Crippen LogP contribution is -2.50. The minimum absolute atomic E-state index is 0.325. The molecule has 3 N–H and O–H groups in total. The number of anilines is 1. The van der Waals surface area contributed by atoms with E-state index in [-0.39, 0.29) is 12.0 Å². The Morgan fingerprint density at radius 3 is 3.17 bits per heavy atom. The molecule has 0 radical (unpaired) electrons. The van der Waals surface area contributed by atoms with Gasteiger partial charge in [-0.3, -0.25) is 4.90 Å². The average molecular weight is 251 g/mol. The molecule has 2 atom stereocenters. The number of halogens is 1. The molecule has 1 aromatic carbocycles. The topological polar surface area (TPSA) is 67.6 Å². The van der Waals surface area contributed by atoms with E-state index >= 15 is 0 Å². The number of nitrogens with one attached hydrogen (secondary N) is 1. The van der Waals surface area contributed by atoms with Crippen molar-refractivity contribution in [3.63, 3.8) is 0 Å². The number of likely N-dealkylation sites (tertiary alicyclic amines) is 1. The number of benzene rings is 1. The summed E-state index contributed by atoms with van der Waals surface area (Å²) >= 11 is 0. The number of nitrogens with two attached hydrogens (primary N) is 1. The van der Waals surface area contributed by atoms with E-state index < -0.39 is 11.6 Å². The first kappa shape index (κ1) is 11.3. The minimum atomic E-state index is -0.669. The van der Waals surface area contributed by atoms with E-state index in [4.69, 9.17) is 10.5 Å². The molecule has 0 unspecified atom stereocenters. The van der Waals surface area contributed by atoms with Gasteiger partial charge >= 0.3 is 6.09 Å². The second-order valence-corrected chi connectivity index (χ2v) is 4.69. The van der Waals surface area contributed by atoms with E-state index in [0.29, 0.717) is 18.7 Å². The van der Waals surface area contributed by atoms with E-state index in [1.54, 1.807) is 6.07 Å². The van der Waals surface area contributed by atoms with E-state index in [9.17, 15) is 9.18 Å². The van der Waals surface area contributed by atoms with Crippen molar-refractivity contribution in [2.24, 2.45) is 5.73 Å². The summed E-state index contributed by atoms with van der Waals surface area (Å²) in [5, 5.41) is 3.10. The maximum Gasteiger partial charge on any atom is 0.411 e. The summed E-state index contributed by atoms with van der Waals surface area (Å²) in [5.41, 5.74) is 7.20. The van der Waals surface area contributed by atoms with Gasteiger partial charge in [-0.1, -0.05) is 6.07 Å². The zero-order valence-corrected chi connectivity index (χ0v) is 9.94. The molecular formula is C12H14FN3O2. The zero-order valence-electron chi connectivity index (χ0n) is 9.94. The highest BCUT2D eigenvalue weighted by molar-refractivity contribution is 5.72. The van der Waals surface area contributed by atoms with Crippen molar-refractivity contribution in [3.05, 3.63) is 29.6 Å². The van der Waals surface area contributed by atoms with Crippen LogP contribution in [-0.4, -0.2) is 30.8 Å². The van der Waals surface area contributed by atoms with E-state index in [2.05, 4.69) is 5.32 Å². The molecule has 1 amide bonds. The van der Waals surface area contributed by atoms with Gasteiger partial charge in [-0.2, -0.15) is 0 Å². The number of amides is 1. The molecule has 6 heteroatoms. The number of rotatable bonds is 0. The van der Waals surface area contributed by atoms with Gasteiger partial charge in [0.25, 0.3) is 0 Å². The number of hydrogen-bond donors (Lipinski definition) is 2. The summed E-state index contributed by atoms with van der Waals surface area (Å²) in [4.78, 5) is 13.2. The maximum absolute atomic E-state index is 13.2. The molecular weight excluding hydrogens is 237 g/mol. The lowest BCUT2D eigenvalue weighted by atomic mass is 9.90. The van der Waals surface area contributed by atoms with Gasteiger partial charge in [0.1, 0.15) is 12.0 Å². The molecule has 1 saturated heterocycles. The first-order valence-electron chi connectivity index (χ1n) is 5.76. The molecule has 2 heterocycles. The van der Waals surface area contributed by atoms with Crippen molar-refractivity contribution in [2.75, 3.05) is 19.0 Å². The molecule has 0 aromatic heterocycles. The van der Waals surface area contributed by atoms with Crippen molar-refractivity contribution in [2.45, 2.75) is 18.1 Å². The fraction of sp³-hybridized carbons (Fsp3) is 0.417. The van der Waals surface area contributed by atoms with Crippen LogP contribution in [0.3, 0.4) is 0 Å². The van der Waals surface area contributed by atoms with Gasteiger partial charge in [0.2, 0.25) is 0 Å². The second-order valence-electron chi connectivity index (χ2n) is 4.69. The van der Waals surface area contributed by atoms with Crippen LogP contribution in [0.5, 0.6) is 0 Å². The normalized spacial score (nSPS) is 28.6. The Labute approximate surface area is 104 Å². The lowest BCUT2D eigenvalue weighted by Gasteiger charge is -2.28. The highest BCUT2D eigenvalue weighted by Crippen LogP contribution is 2.45. The summed E-state index contributed by atoms with van der Waals surface area (Å²) in [6, 6.07) is 4.47. The number of fused-ring (bicyclic) bond motifs is 3. The summed E-state index contributed by atoms with van der Waals surface area (Å²) in [6.45, 7) is 0.525. The van der Waals surface area contributed by atoms with Crippen LogP contribution >= 0.6 is 0 Å². The Kier molecular flexibility index (Phi) is 2.25. The van der Waals surface area contributed by atoms with Crippen LogP contribution in [0.1, 0.15) is 12.0 Å². The van der Waals surface area contributed by atoms with Gasteiger partial charge in [0.15, 0.2) is 0 Å². The summed E-state index contributed by atoms with van der Waals surface area (Å²) < 4.78 is 17.9. The van der Waals surface area contributed by atoms with Crippen molar-refractivity contribution in [3.8, 4) is 0 Å². The highest BCUT2D eigenvalue weighted by atomic mass is 19.1. The minimum Gasteiger partial charge on any atom is -0.453 e. The molecule has 0 saturated carbocycles. The van der Waals surface area contributed by atoms with Crippen LogP contribution in [-0.2, 0) is 10.3 Å². The molecule has 3 rings (SSSR count). The zero-order chi connectivity index (χ0) is 12.9. The van der Waals surface area contributed by atoms with Crippen LogP contribution in [0.25, 0.3) is 0 Å². The smallest absolute Gasteiger partial charge is 0.411 e. The molecule has 1 aromatic rings. The fourth-order valence-electron chi connectivity index (χ4n) is 2.84. The van der Waals surface area contributed by atoms with Crippen LogP contribution in [0.4, 0.5) is 14.9 Å². The molecule has 2 aliphatic heterocycles. The number of hydrogen-bond acceptors (Lipinski definition) is 4. The number of carbonyl (C=O) groups is 1.